The molecule has 3 N–H and O–H groups in total. The summed E-state index contributed by atoms with van der Waals surface area (Å²) in [5.41, 5.74) is 7.66. The Balaban J connectivity index is 2.01. The summed E-state index contributed by atoms with van der Waals surface area (Å²) in [6, 6.07) is 5.78. The van der Waals surface area contributed by atoms with Crippen molar-refractivity contribution in [1.29, 1.82) is 0 Å². The average Bonchev–Trinajstić information content (AvgIpc) is 2.33. The van der Waals surface area contributed by atoms with Gasteiger partial charge in [0.25, 0.3) is 0 Å². The van der Waals surface area contributed by atoms with E-state index in [1.165, 1.54) is 19.3 Å². The molecule has 1 aliphatic carbocycles. The Hall–Kier alpha value is -1.84. The number of aromatic nitrogens is 2. The van der Waals surface area contributed by atoms with Gasteiger partial charge in [0.15, 0.2) is 0 Å². The molecule has 1 aromatic heterocycles. The lowest BCUT2D eigenvalue weighted by molar-refractivity contribution is 0.269. The van der Waals surface area contributed by atoms with Gasteiger partial charge in [-0.1, -0.05) is 6.92 Å². The third-order valence-corrected chi connectivity index (χ3v) is 4.03. The molecule has 3 rings (SSSR count). The molecule has 1 aromatic carbocycles. The summed E-state index contributed by atoms with van der Waals surface area (Å²) in [4.78, 5) is 8.66. The highest BCUT2D eigenvalue weighted by atomic mass is 15.1. The van der Waals surface area contributed by atoms with Gasteiger partial charge in [-0.25, -0.2) is 9.97 Å². The molecular formula is C14H18N4. The molecule has 0 amide bonds. The van der Waals surface area contributed by atoms with E-state index in [1.807, 2.05) is 18.2 Å². The number of rotatable bonds is 3. The SMILES string of the molecule is CCC1(Nc2ncnc3cc(N)ccc23)CCC1. The fourth-order valence-corrected chi connectivity index (χ4v) is 2.60. The number of nitrogen functional groups attached to an aromatic ring is 1. The molecule has 0 aliphatic heterocycles. The van der Waals surface area contributed by atoms with Crippen molar-refractivity contribution in [2.75, 3.05) is 11.1 Å². The number of hydrogen-bond donors (Lipinski definition) is 2. The Kier molecular flexibility index (Phi) is 2.58. The van der Waals surface area contributed by atoms with Crippen molar-refractivity contribution >= 4 is 22.4 Å². The monoisotopic (exact) mass is 242 g/mol. The summed E-state index contributed by atoms with van der Waals surface area (Å²) in [5, 5.41) is 4.66. The Morgan fingerprint density at radius 2 is 2.17 bits per heavy atom. The van der Waals surface area contributed by atoms with Crippen LogP contribution in [-0.2, 0) is 0 Å². The van der Waals surface area contributed by atoms with E-state index in [-0.39, 0.29) is 5.54 Å². The summed E-state index contributed by atoms with van der Waals surface area (Å²) >= 11 is 0. The van der Waals surface area contributed by atoms with Crippen LogP contribution in [-0.4, -0.2) is 15.5 Å². The fourth-order valence-electron chi connectivity index (χ4n) is 2.60. The van der Waals surface area contributed by atoms with Gasteiger partial charge >= 0.3 is 0 Å². The predicted octanol–water partition coefficient (Wildman–Crippen LogP) is 2.96. The topological polar surface area (TPSA) is 63.8 Å². The van der Waals surface area contributed by atoms with E-state index in [9.17, 15) is 0 Å². The maximum absolute atomic E-state index is 5.78. The minimum atomic E-state index is 0.239. The molecule has 4 nitrogen and oxygen atoms in total. The number of anilines is 2. The summed E-state index contributed by atoms with van der Waals surface area (Å²) in [5.74, 6) is 0.932. The van der Waals surface area contributed by atoms with Gasteiger partial charge in [0.2, 0.25) is 0 Å². The Morgan fingerprint density at radius 1 is 1.33 bits per heavy atom. The molecule has 0 bridgehead atoms. The second kappa shape index (κ2) is 4.12. The van der Waals surface area contributed by atoms with Crippen molar-refractivity contribution in [1.82, 2.24) is 9.97 Å². The van der Waals surface area contributed by atoms with Gasteiger partial charge in [0.05, 0.1) is 5.52 Å². The van der Waals surface area contributed by atoms with E-state index < -0.39 is 0 Å². The quantitative estimate of drug-likeness (QED) is 0.812. The first kappa shape index (κ1) is 11.3. The molecule has 0 unspecified atom stereocenters. The Morgan fingerprint density at radius 3 is 2.83 bits per heavy atom. The lowest BCUT2D eigenvalue weighted by atomic mass is 9.75. The highest BCUT2D eigenvalue weighted by Crippen LogP contribution is 2.38. The van der Waals surface area contributed by atoms with E-state index in [1.54, 1.807) is 6.33 Å². The molecule has 0 radical (unpaired) electrons. The second-order valence-corrected chi connectivity index (χ2v) is 5.11. The Bertz CT molecular complexity index is 570. The normalized spacial score (nSPS) is 17.4. The standard InChI is InChI=1S/C14H18N4/c1-2-14(6-3-7-14)18-13-11-5-4-10(15)8-12(11)16-9-17-13/h4-5,8-9H,2-3,6-7,15H2,1H3,(H,16,17,18). The molecule has 1 aliphatic rings. The lowest BCUT2D eigenvalue weighted by Crippen LogP contribution is -2.44. The highest BCUT2D eigenvalue weighted by Gasteiger charge is 2.35. The second-order valence-electron chi connectivity index (χ2n) is 5.11. The number of fused-ring (bicyclic) bond motifs is 1. The van der Waals surface area contributed by atoms with Crippen LogP contribution in [0.5, 0.6) is 0 Å². The minimum absolute atomic E-state index is 0.239. The molecule has 0 spiro atoms. The van der Waals surface area contributed by atoms with Gasteiger partial charge in [-0.2, -0.15) is 0 Å². The van der Waals surface area contributed by atoms with Gasteiger partial charge in [0, 0.05) is 16.6 Å². The smallest absolute Gasteiger partial charge is 0.137 e. The predicted molar refractivity (Wildman–Crippen MR) is 74.4 cm³/mol. The van der Waals surface area contributed by atoms with Gasteiger partial charge in [-0.05, 0) is 43.9 Å². The molecule has 2 aromatic rings. The first-order chi connectivity index (χ1) is 8.72. The van der Waals surface area contributed by atoms with Crippen LogP contribution < -0.4 is 11.1 Å². The van der Waals surface area contributed by atoms with Crippen LogP contribution in [0.4, 0.5) is 11.5 Å². The van der Waals surface area contributed by atoms with Crippen LogP contribution in [0.1, 0.15) is 32.6 Å². The molecule has 4 heteroatoms. The van der Waals surface area contributed by atoms with Crippen LogP contribution >= 0.6 is 0 Å². The average molecular weight is 242 g/mol. The van der Waals surface area contributed by atoms with Crippen molar-refractivity contribution in [3.8, 4) is 0 Å². The highest BCUT2D eigenvalue weighted by molar-refractivity contribution is 5.90. The fraction of sp³-hybridized carbons (Fsp3) is 0.429. The summed E-state index contributed by atoms with van der Waals surface area (Å²) in [7, 11) is 0. The van der Waals surface area contributed by atoms with E-state index in [4.69, 9.17) is 5.73 Å². The van der Waals surface area contributed by atoms with Crippen LogP contribution in [0.25, 0.3) is 10.9 Å². The maximum Gasteiger partial charge on any atom is 0.137 e. The van der Waals surface area contributed by atoms with Crippen LogP contribution in [0, 0.1) is 0 Å². The number of nitrogens with two attached hydrogens (primary N) is 1. The summed E-state index contributed by atoms with van der Waals surface area (Å²) < 4.78 is 0. The molecular weight excluding hydrogens is 224 g/mol. The van der Waals surface area contributed by atoms with Gasteiger partial charge in [-0.15, -0.1) is 0 Å². The van der Waals surface area contributed by atoms with Gasteiger partial charge in [0.1, 0.15) is 12.1 Å². The molecule has 0 saturated heterocycles. The Labute approximate surface area is 107 Å². The number of benzene rings is 1. The molecule has 18 heavy (non-hydrogen) atoms. The van der Waals surface area contributed by atoms with Crippen molar-refractivity contribution < 1.29 is 0 Å². The van der Waals surface area contributed by atoms with Gasteiger partial charge < -0.3 is 11.1 Å². The zero-order valence-corrected chi connectivity index (χ0v) is 10.6. The number of nitrogens with one attached hydrogen (secondary N) is 1. The van der Waals surface area contributed by atoms with Crippen molar-refractivity contribution in [3.63, 3.8) is 0 Å². The number of hydrogen-bond acceptors (Lipinski definition) is 4. The maximum atomic E-state index is 5.78. The lowest BCUT2D eigenvalue weighted by Gasteiger charge is -2.42. The largest absolute Gasteiger partial charge is 0.399 e. The first-order valence-electron chi connectivity index (χ1n) is 6.51. The minimum Gasteiger partial charge on any atom is -0.399 e. The van der Waals surface area contributed by atoms with Gasteiger partial charge in [-0.3, -0.25) is 0 Å². The molecule has 94 valence electrons. The van der Waals surface area contributed by atoms with E-state index in [0.717, 1.165) is 28.8 Å². The third kappa shape index (κ3) is 1.78. The van der Waals surface area contributed by atoms with Crippen molar-refractivity contribution in [2.24, 2.45) is 0 Å². The zero-order valence-electron chi connectivity index (χ0n) is 10.6. The molecule has 1 fully saturated rings. The molecule has 1 heterocycles. The van der Waals surface area contributed by atoms with E-state index in [2.05, 4.69) is 22.2 Å². The van der Waals surface area contributed by atoms with Crippen LogP contribution in [0.15, 0.2) is 24.5 Å². The zero-order chi connectivity index (χ0) is 12.6. The van der Waals surface area contributed by atoms with Crippen molar-refractivity contribution in [2.45, 2.75) is 38.1 Å². The summed E-state index contributed by atoms with van der Waals surface area (Å²) in [6.07, 6.45) is 6.49. The molecule has 0 atom stereocenters. The third-order valence-electron chi connectivity index (χ3n) is 4.03. The van der Waals surface area contributed by atoms with Crippen molar-refractivity contribution in [3.05, 3.63) is 24.5 Å². The van der Waals surface area contributed by atoms with E-state index >= 15 is 0 Å². The number of nitrogens with zero attached hydrogens (tertiary/aromatic N) is 2. The van der Waals surface area contributed by atoms with Crippen LogP contribution in [0.3, 0.4) is 0 Å². The molecule has 1 saturated carbocycles. The first-order valence-corrected chi connectivity index (χ1v) is 6.51. The van der Waals surface area contributed by atoms with Crippen LogP contribution in [0.2, 0.25) is 0 Å². The van der Waals surface area contributed by atoms with E-state index in [0.29, 0.717) is 0 Å². The summed E-state index contributed by atoms with van der Waals surface area (Å²) in [6.45, 7) is 2.23.